The summed E-state index contributed by atoms with van der Waals surface area (Å²) in [7, 11) is 0. The van der Waals surface area contributed by atoms with Crippen LogP contribution in [0.1, 0.15) is 5.56 Å². The Balaban J connectivity index is 3.21. The van der Waals surface area contributed by atoms with Crippen LogP contribution in [0.5, 0.6) is 0 Å². The predicted octanol–water partition coefficient (Wildman–Crippen LogP) is 3.17. The Morgan fingerprint density at radius 2 is 2.18 bits per heavy atom. The Morgan fingerprint density at radius 1 is 1.55 bits per heavy atom. The third kappa shape index (κ3) is 2.31. The van der Waals surface area contributed by atoms with E-state index in [0.29, 0.717) is 11.6 Å². The molecule has 0 unspecified atom stereocenters. The molecule has 60 valence electrons. The fourth-order valence-electron chi connectivity index (χ4n) is 0.720. The van der Waals surface area contributed by atoms with Crippen molar-refractivity contribution in [3.8, 4) is 0 Å². The number of hydrogen-bond acceptors (Lipinski definition) is 1. The molecule has 0 radical (unpaired) electrons. The first-order valence-electron chi connectivity index (χ1n) is 2.98. The molecule has 0 bridgehead atoms. The molecule has 2 N–H and O–H groups in total. The first kappa shape index (κ1) is 9.77. The van der Waals surface area contributed by atoms with Crippen molar-refractivity contribution in [1.82, 2.24) is 0 Å². The van der Waals surface area contributed by atoms with Crippen LogP contribution in [0.2, 0.25) is 5.02 Å². The topological polar surface area (TPSA) is 26.0 Å². The normalized spacial score (nSPS) is 10.2. The van der Waals surface area contributed by atoms with Gasteiger partial charge >= 0.3 is 0 Å². The first-order valence-corrected chi connectivity index (χ1v) is 5.23. The van der Waals surface area contributed by atoms with Crippen molar-refractivity contribution in [2.24, 2.45) is 5.73 Å². The highest BCUT2D eigenvalue weighted by Crippen LogP contribution is 2.26. The molecular weight excluding hydrogens is 340 g/mol. The van der Waals surface area contributed by atoms with E-state index in [1.165, 1.54) is 0 Å². The van der Waals surface area contributed by atoms with Gasteiger partial charge in [-0.1, -0.05) is 11.6 Å². The van der Waals surface area contributed by atoms with E-state index in [0.717, 1.165) is 13.6 Å². The highest BCUT2D eigenvalue weighted by atomic mass is 127. The molecule has 0 fully saturated rings. The van der Waals surface area contributed by atoms with Crippen LogP contribution in [0.4, 0.5) is 0 Å². The summed E-state index contributed by atoms with van der Waals surface area (Å²) in [5.74, 6) is 0. The van der Waals surface area contributed by atoms with E-state index < -0.39 is 0 Å². The summed E-state index contributed by atoms with van der Waals surface area (Å²) >= 11 is 11.4. The number of benzene rings is 1. The average Bonchev–Trinajstić information content (AvgIpc) is 1.97. The number of rotatable bonds is 1. The van der Waals surface area contributed by atoms with Gasteiger partial charge in [0.05, 0.1) is 5.02 Å². The second-order valence-electron chi connectivity index (χ2n) is 2.06. The van der Waals surface area contributed by atoms with E-state index in [9.17, 15) is 0 Å². The number of hydrogen-bond donors (Lipinski definition) is 1. The Labute approximate surface area is 92.6 Å². The zero-order chi connectivity index (χ0) is 8.43. The third-order valence-corrected chi connectivity index (χ3v) is 3.51. The molecule has 1 aromatic carbocycles. The summed E-state index contributed by atoms with van der Waals surface area (Å²) in [5.41, 5.74) is 6.57. The van der Waals surface area contributed by atoms with E-state index >= 15 is 0 Å². The zero-order valence-corrected chi connectivity index (χ0v) is 10.1. The van der Waals surface area contributed by atoms with Crippen LogP contribution in [0, 0.1) is 3.57 Å². The molecule has 1 nitrogen and oxygen atoms in total. The van der Waals surface area contributed by atoms with Crippen LogP contribution >= 0.6 is 50.1 Å². The molecular formula is C7H6BrClIN. The average molecular weight is 346 g/mol. The summed E-state index contributed by atoms with van der Waals surface area (Å²) in [6.45, 7) is 0.533. The van der Waals surface area contributed by atoms with Gasteiger partial charge in [0.25, 0.3) is 0 Å². The molecule has 0 heterocycles. The molecule has 0 atom stereocenters. The fourth-order valence-corrected chi connectivity index (χ4v) is 2.37. The fraction of sp³-hybridized carbons (Fsp3) is 0.143. The lowest BCUT2D eigenvalue weighted by Crippen LogP contribution is -1.98. The highest BCUT2D eigenvalue weighted by Gasteiger charge is 2.02. The lowest BCUT2D eigenvalue weighted by Gasteiger charge is -2.02. The maximum absolute atomic E-state index is 5.86. The monoisotopic (exact) mass is 345 g/mol. The number of nitrogens with two attached hydrogens (primary N) is 1. The second kappa shape index (κ2) is 4.07. The minimum Gasteiger partial charge on any atom is -0.326 e. The van der Waals surface area contributed by atoms with Crippen molar-refractivity contribution in [1.29, 1.82) is 0 Å². The van der Waals surface area contributed by atoms with Crippen LogP contribution in [0.25, 0.3) is 0 Å². The van der Waals surface area contributed by atoms with Gasteiger partial charge in [0, 0.05) is 14.6 Å². The van der Waals surface area contributed by atoms with Gasteiger partial charge in [0.1, 0.15) is 0 Å². The van der Waals surface area contributed by atoms with Crippen molar-refractivity contribution >= 4 is 50.1 Å². The lowest BCUT2D eigenvalue weighted by molar-refractivity contribution is 1.06. The Bertz CT molecular complexity index is 277. The molecule has 0 aliphatic carbocycles. The van der Waals surface area contributed by atoms with E-state index in [2.05, 4.69) is 38.5 Å². The summed E-state index contributed by atoms with van der Waals surface area (Å²) in [5, 5.41) is 0.714. The van der Waals surface area contributed by atoms with E-state index in [-0.39, 0.29) is 0 Å². The third-order valence-electron chi connectivity index (χ3n) is 1.31. The van der Waals surface area contributed by atoms with Crippen LogP contribution in [0.3, 0.4) is 0 Å². The van der Waals surface area contributed by atoms with Crippen molar-refractivity contribution in [3.63, 3.8) is 0 Å². The molecule has 1 rings (SSSR count). The molecule has 4 heteroatoms. The van der Waals surface area contributed by atoms with Crippen LogP contribution < -0.4 is 5.73 Å². The maximum atomic E-state index is 5.86. The molecule has 0 amide bonds. The maximum Gasteiger partial charge on any atom is 0.0552 e. The van der Waals surface area contributed by atoms with Crippen LogP contribution in [-0.4, -0.2) is 0 Å². The summed E-state index contributed by atoms with van der Waals surface area (Å²) in [6, 6.07) is 3.85. The van der Waals surface area contributed by atoms with Gasteiger partial charge in [-0.05, 0) is 56.2 Å². The highest BCUT2D eigenvalue weighted by molar-refractivity contribution is 14.1. The summed E-state index contributed by atoms with van der Waals surface area (Å²) < 4.78 is 2.06. The Morgan fingerprint density at radius 3 is 2.73 bits per heavy atom. The molecule has 0 saturated carbocycles. The van der Waals surface area contributed by atoms with Crippen LogP contribution in [-0.2, 0) is 6.54 Å². The first-order chi connectivity index (χ1) is 5.15. The Hall–Kier alpha value is 0.680. The summed E-state index contributed by atoms with van der Waals surface area (Å²) in [4.78, 5) is 0. The predicted molar refractivity (Wildman–Crippen MR) is 59.8 cm³/mol. The molecule has 0 aliphatic rings. The van der Waals surface area contributed by atoms with Crippen LogP contribution in [0.15, 0.2) is 16.6 Å². The molecule has 0 saturated heterocycles. The quantitative estimate of drug-likeness (QED) is 0.613. The van der Waals surface area contributed by atoms with Crippen molar-refractivity contribution in [3.05, 3.63) is 30.8 Å². The minimum absolute atomic E-state index is 0.533. The Kier molecular flexibility index (Phi) is 3.61. The smallest absolute Gasteiger partial charge is 0.0552 e. The number of halogens is 3. The van der Waals surface area contributed by atoms with Gasteiger partial charge in [-0.2, -0.15) is 0 Å². The minimum atomic E-state index is 0.533. The largest absolute Gasteiger partial charge is 0.326 e. The van der Waals surface area contributed by atoms with E-state index in [1.807, 2.05) is 12.1 Å². The van der Waals surface area contributed by atoms with Gasteiger partial charge in [-0.15, -0.1) is 0 Å². The van der Waals surface area contributed by atoms with Gasteiger partial charge in [0.2, 0.25) is 0 Å². The lowest BCUT2D eigenvalue weighted by atomic mass is 10.2. The van der Waals surface area contributed by atoms with E-state index in [1.54, 1.807) is 0 Å². The van der Waals surface area contributed by atoms with Crippen molar-refractivity contribution < 1.29 is 0 Å². The molecule has 1 aromatic rings. The standard InChI is InChI=1S/C7H6BrClIN/c8-5-2-7(10)4(3-11)1-6(5)9/h1-2H,3,11H2. The van der Waals surface area contributed by atoms with Gasteiger partial charge in [-0.25, -0.2) is 0 Å². The molecule has 11 heavy (non-hydrogen) atoms. The van der Waals surface area contributed by atoms with Gasteiger partial charge in [0.15, 0.2) is 0 Å². The van der Waals surface area contributed by atoms with Gasteiger partial charge < -0.3 is 5.73 Å². The van der Waals surface area contributed by atoms with Crippen molar-refractivity contribution in [2.45, 2.75) is 6.54 Å². The van der Waals surface area contributed by atoms with Crippen molar-refractivity contribution in [2.75, 3.05) is 0 Å². The van der Waals surface area contributed by atoms with Gasteiger partial charge in [-0.3, -0.25) is 0 Å². The molecule has 0 spiro atoms. The zero-order valence-electron chi connectivity index (χ0n) is 5.57. The SMILES string of the molecule is NCc1cc(Cl)c(Br)cc1I. The molecule has 0 aliphatic heterocycles. The second-order valence-corrected chi connectivity index (χ2v) is 4.49. The summed E-state index contributed by atoms with van der Waals surface area (Å²) in [6.07, 6.45) is 0. The van der Waals surface area contributed by atoms with E-state index in [4.69, 9.17) is 17.3 Å². The molecule has 0 aromatic heterocycles.